The normalized spacial score (nSPS) is 22.1. The Morgan fingerprint density at radius 1 is 0.746 bits per heavy atom. The predicted octanol–water partition coefficient (Wildman–Crippen LogP) is 5.64. The number of guanidine groups is 2. The zero-order chi connectivity index (χ0) is 49.8. The van der Waals surface area contributed by atoms with Crippen LogP contribution in [0.1, 0.15) is 152 Å². The smallest absolute Gasteiger partial charge is 0.407 e. The molecule has 9 atom stereocenters. The summed E-state index contributed by atoms with van der Waals surface area (Å²) in [7, 11) is 0. The number of amides is 4. The Balaban J connectivity index is 1.75. The van der Waals surface area contributed by atoms with Crippen LogP contribution in [0.15, 0.2) is 21.6 Å². The first-order valence-electron chi connectivity index (χ1n) is 25.5. The van der Waals surface area contributed by atoms with E-state index >= 15 is 0 Å². The van der Waals surface area contributed by atoms with Gasteiger partial charge in [0.1, 0.15) is 18.8 Å². The molecule has 2 rings (SSSR count). The molecule has 0 heterocycles. The SMILES string of the molecule is C/C=C(\C)CC(CCC(C)C1CCC2(C)C(C(C)CCCCC(C)C)CCC2C1C)OC(=O)NCCOCCOCC(=O)NC(CCC(=O)NCCCN=C(N)N)C(=O)NCCCN=C(N)N. The molecule has 0 bridgehead atoms. The maximum absolute atomic E-state index is 13.0. The van der Waals surface area contributed by atoms with Gasteiger partial charge in [0.05, 0.1) is 19.8 Å². The van der Waals surface area contributed by atoms with E-state index in [0.717, 1.165) is 36.5 Å². The first-order valence-corrected chi connectivity index (χ1v) is 25.5. The van der Waals surface area contributed by atoms with Crippen LogP contribution in [0.25, 0.3) is 0 Å². The third-order valence-electron chi connectivity index (χ3n) is 14.5. The Labute approximate surface area is 403 Å². The fraction of sp³-hybridized carbons (Fsp3) is 0.840. The van der Waals surface area contributed by atoms with Crippen molar-refractivity contribution < 1.29 is 33.4 Å². The lowest BCUT2D eigenvalue weighted by molar-refractivity contribution is -0.132. The second kappa shape index (κ2) is 32.6. The summed E-state index contributed by atoms with van der Waals surface area (Å²) in [6.45, 7) is 20.7. The molecule has 12 N–H and O–H groups in total. The van der Waals surface area contributed by atoms with Crippen molar-refractivity contribution in [1.29, 1.82) is 0 Å². The zero-order valence-electron chi connectivity index (χ0n) is 42.8. The van der Waals surface area contributed by atoms with Gasteiger partial charge in [-0.3, -0.25) is 24.4 Å². The van der Waals surface area contributed by atoms with Gasteiger partial charge in [-0.05, 0) is 118 Å². The molecule has 17 heteroatoms. The fourth-order valence-corrected chi connectivity index (χ4v) is 10.7. The molecule has 2 fully saturated rings. The molecule has 9 unspecified atom stereocenters. The molecule has 0 aromatic rings. The summed E-state index contributed by atoms with van der Waals surface area (Å²) in [5, 5.41) is 11.0. The number of unbranched alkanes of at least 4 members (excludes halogenated alkanes) is 1. The molecular formula is C50H94N10O7. The van der Waals surface area contributed by atoms with Gasteiger partial charge in [0.2, 0.25) is 17.7 Å². The van der Waals surface area contributed by atoms with Crippen molar-refractivity contribution in [2.24, 2.45) is 79.8 Å². The molecule has 0 radical (unpaired) electrons. The van der Waals surface area contributed by atoms with Crippen LogP contribution < -0.4 is 44.2 Å². The number of alkyl carbamates (subject to hydrolysis) is 1. The van der Waals surface area contributed by atoms with Crippen LogP contribution in [0.2, 0.25) is 0 Å². The highest BCUT2D eigenvalue weighted by Crippen LogP contribution is 2.62. The van der Waals surface area contributed by atoms with Crippen molar-refractivity contribution in [1.82, 2.24) is 21.3 Å². The van der Waals surface area contributed by atoms with Crippen LogP contribution in [-0.2, 0) is 28.6 Å². The van der Waals surface area contributed by atoms with E-state index in [-0.39, 0.29) is 76.3 Å². The lowest BCUT2D eigenvalue weighted by atomic mass is 9.55. The monoisotopic (exact) mass is 947 g/mol. The summed E-state index contributed by atoms with van der Waals surface area (Å²) in [5.74, 6) is 3.88. The van der Waals surface area contributed by atoms with Crippen LogP contribution in [0.5, 0.6) is 0 Å². The van der Waals surface area contributed by atoms with E-state index in [9.17, 15) is 19.2 Å². The second-order valence-corrected chi connectivity index (χ2v) is 20.1. The van der Waals surface area contributed by atoms with E-state index < -0.39 is 23.9 Å². The number of hydrogen-bond acceptors (Lipinski definition) is 9. The van der Waals surface area contributed by atoms with E-state index in [0.29, 0.717) is 62.1 Å². The standard InChI is InChI=1S/C50H94N10O7/c1-9-35(4)32-39(17-16-36(5)40-22-23-50(8)41(18-19-42(50)38(40)7)37(6)15-11-10-14-34(2)3)67-49(64)59-28-29-65-30-31-66-33-45(62)60-43(46(63)56-25-13-27-58-48(53)54)20-21-44(61)55-24-12-26-57-47(51)52/h9,34,36-43H,10-33H2,1-8H3,(H,55,61)(H,56,63)(H,59,64)(H,60,62)(H4,51,52,57)(H4,53,54,58)/b35-9+. The van der Waals surface area contributed by atoms with Gasteiger partial charge in [0.15, 0.2) is 11.9 Å². The van der Waals surface area contributed by atoms with E-state index in [1.54, 1.807) is 0 Å². The van der Waals surface area contributed by atoms with Gasteiger partial charge in [0, 0.05) is 45.6 Å². The highest BCUT2D eigenvalue weighted by molar-refractivity contribution is 5.88. The number of nitrogens with one attached hydrogen (secondary N) is 4. The van der Waals surface area contributed by atoms with Crippen LogP contribution >= 0.6 is 0 Å². The summed E-state index contributed by atoms with van der Waals surface area (Å²) in [4.78, 5) is 58.8. The number of nitrogens with two attached hydrogens (primary N) is 4. The third-order valence-corrected chi connectivity index (χ3v) is 14.5. The lowest BCUT2D eigenvalue weighted by Gasteiger charge is -2.50. The molecule has 67 heavy (non-hydrogen) atoms. The van der Waals surface area contributed by atoms with E-state index in [1.165, 1.54) is 56.9 Å². The van der Waals surface area contributed by atoms with Crippen molar-refractivity contribution in [3.05, 3.63) is 11.6 Å². The van der Waals surface area contributed by atoms with Gasteiger partial charge in [0.25, 0.3) is 0 Å². The molecule has 17 nitrogen and oxygen atoms in total. The van der Waals surface area contributed by atoms with Crippen LogP contribution in [0.3, 0.4) is 0 Å². The molecule has 0 aromatic heterocycles. The van der Waals surface area contributed by atoms with E-state index in [1.807, 2.05) is 6.92 Å². The molecular weight excluding hydrogens is 853 g/mol. The maximum atomic E-state index is 13.0. The first-order chi connectivity index (χ1) is 31.9. The summed E-state index contributed by atoms with van der Waals surface area (Å²) in [6.07, 6.45) is 15.9. The minimum absolute atomic E-state index is 0.00110. The number of hydrogen-bond donors (Lipinski definition) is 8. The summed E-state index contributed by atoms with van der Waals surface area (Å²) in [6, 6.07) is -0.973. The molecule has 2 saturated carbocycles. The number of fused-ring (bicyclic) bond motifs is 1. The number of carbonyl (C=O) groups excluding carboxylic acids is 4. The van der Waals surface area contributed by atoms with Gasteiger partial charge in [-0.15, -0.1) is 0 Å². The van der Waals surface area contributed by atoms with Gasteiger partial charge in [-0.25, -0.2) is 4.79 Å². The molecule has 0 aromatic carbocycles. The highest BCUT2D eigenvalue weighted by atomic mass is 16.6. The van der Waals surface area contributed by atoms with Crippen molar-refractivity contribution in [2.75, 3.05) is 59.2 Å². The number of carbonyl (C=O) groups is 4. The van der Waals surface area contributed by atoms with Gasteiger partial charge in [-0.2, -0.15) is 0 Å². The van der Waals surface area contributed by atoms with Crippen molar-refractivity contribution in [2.45, 2.75) is 164 Å². The Kier molecular flexibility index (Phi) is 28.7. The Morgan fingerprint density at radius 2 is 1.40 bits per heavy atom. The topological polar surface area (TPSA) is 273 Å². The fourth-order valence-electron chi connectivity index (χ4n) is 10.7. The second-order valence-electron chi connectivity index (χ2n) is 20.1. The largest absolute Gasteiger partial charge is 0.446 e. The maximum Gasteiger partial charge on any atom is 0.407 e. The molecule has 0 spiro atoms. The number of nitrogens with zero attached hydrogens (tertiary/aromatic N) is 2. The van der Waals surface area contributed by atoms with Gasteiger partial charge < -0.3 is 58.4 Å². The van der Waals surface area contributed by atoms with Crippen molar-refractivity contribution in [3.8, 4) is 0 Å². The quantitative estimate of drug-likeness (QED) is 0.0169. The highest BCUT2D eigenvalue weighted by Gasteiger charge is 2.54. The lowest BCUT2D eigenvalue weighted by Crippen LogP contribution is -2.48. The predicted molar refractivity (Wildman–Crippen MR) is 269 cm³/mol. The Hall–Kier alpha value is -4.12. The molecule has 2 aliphatic rings. The minimum Gasteiger partial charge on any atom is -0.446 e. The van der Waals surface area contributed by atoms with E-state index in [2.05, 4.69) is 85.8 Å². The van der Waals surface area contributed by atoms with Crippen molar-refractivity contribution in [3.63, 3.8) is 0 Å². The Morgan fingerprint density at radius 3 is 2.06 bits per heavy atom. The number of ether oxygens (including phenoxy) is 3. The number of aliphatic imine (C=N–C) groups is 2. The van der Waals surface area contributed by atoms with Gasteiger partial charge in [-0.1, -0.05) is 78.9 Å². The summed E-state index contributed by atoms with van der Waals surface area (Å²) in [5.41, 5.74) is 23.0. The average Bonchev–Trinajstić information content (AvgIpc) is 3.63. The van der Waals surface area contributed by atoms with Crippen LogP contribution in [-0.4, -0.2) is 107 Å². The van der Waals surface area contributed by atoms with Crippen LogP contribution in [0.4, 0.5) is 4.79 Å². The van der Waals surface area contributed by atoms with E-state index in [4.69, 9.17) is 37.1 Å². The summed E-state index contributed by atoms with van der Waals surface area (Å²) < 4.78 is 17.1. The van der Waals surface area contributed by atoms with Crippen LogP contribution in [0, 0.1) is 46.8 Å². The zero-order valence-corrected chi connectivity index (χ0v) is 42.8. The summed E-state index contributed by atoms with van der Waals surface area (Å²) >= 11 is 0. The minimum atomic E-state index is -0.973. The molecule has 4 amide bonds. The molecule has 2 aliphatic carbocycles. The number of rotatable bonds is 34. The molecule has 0 aliphatic heterocycles. The van der Waals surface area contributed by atoms with Gasteiger partial charge >= 0.3 is 6.09 Å². The Bertz CT molecular complexity index is 1550. The average molecular weight is 947 g/mol. The third kappa shape index (κ3) is 23.6. The first kappa shape index (κ1) is 59.0. The molecule has 386 valence electrons. The van der Waals surface area contributed by atoms with Crippen molar-refractivity contribution >= 4 is 35.7 Å². The molecule has 0 saturated heterocycles. The number of allylic oxidation sites excluding steroid dienone is 1.